The van der Waals surface area contributed by atoms with Crippen LogP contribution in [0.25, 0.3) is 20.9 Å². The summed E-state index contributed by atoms with van der Waals surface area (Å²) in [5.74, 6) is 0.190. The molecule has 5 rings (SSSR count). The molecule has 250 valence electrons. The van der Waals surface area contributed by atoms with Gasteiger partial charge in [0.15, 0.2) is 11.6 Å². The molecule has 0 aromatic heterocycles. The van der Waals surface area contributed by atoms with Crippen LogP contribution >= 0.6 is 23.2 Å². The Kier molecular flexibility index (Phi) is 12.0. The molecular weight excluding hydrogens is 669 g/mol. The summed E-state index contributed by atoms with van der Waals surface area (Å²) in [6.45, 7) is 0.669. The van der Waals surface area contributed by atoms with Crippen molar-refractivity contribution in [2.75, 3.05) is 19.8 Å². The van der Waals surface area contributed by atoms with Crippen molar-refractivity contribution >= 4 is 46.4 Å². The molecule has 1 aliphatic rings. The fraction of sp³-hybridized carbons (Fsp3) is 0.235. The Hall–Kier alpha value is -5.26. The van der Waals surface area contributed by atoms with Crippen LogP contribution in [-0.4, -0.2) is 42.2 Å². The quantitative estimate of drug-likeness (QED) is 0.0372. The number of aliphatic imine (C=N–C) groups is 1. The van der Waals surface area contributed by atoms with Crippen LogP contribution in [0.5, 0.6) is 5.75 Å². The zero-order chi connectivity index (χ0) is 34.6. The fourth-order valence-corrected chi connectivity index (χ4v) is 5.88. The number of hydrogen-bond donors (Lipinski definition) is 3. The Balaban J connectivity index is 1.56. The number of carbonyl (C=O) groups excluding carboxylic acids is 1. The van der Waals surface area contributed by atoms with Gasteiger partial charge in [0.25, 0.3) is 5.91 Å². The first-order valence-electron chi connectivity index (χ1n) is 15.2. The topological polar surface area (TPSA) is 190 Å². The molecule has 49 heavy (non-hydrogen) atoms. The van der Waals surface area contributed by atoms with E-state index in [9.17, 15) is 15.9 Å². The van der Waals surface area contributed by atoms with Crippen molar-refractivity contribution in [2.24, 2.45) is 15.2 Å². The molecule has 1 amide bonds. The molecule has 0 aliphatic carbocycles. The number of aliphatic hydroxyl groups excluding tert-OH is 1. The summed E-state index contributed by atoms with van der Waals surface area (Å²) in [5, 5.41) is 17.8. The Morgan fingerprint density at radius 3 is 2.41 bits per heavy atom. The van der Waals surface area contributed by atoms with Crippen molar-refractivity contribution in [1.82, 2.24) is 10.9 Å². The predicted molar refractivity (Wildman–Crippen MR) is 187 cm³/mol. The summed E-state index contributed by atoms with van der Waals surface area (Å²) in [7, 11) is 0. The number of ether oxygens (including phenoxy) is 2. The zero-order valence-electron chi connectivity index (χ0n) is 26.0. The first kappa shape index (κ1) is 35.1. The summed E-state index contributed by atoms with van der Waals surface area (Å²) in [4.78, 5) is 25.5. The van der Waals surface area contributed by atoms with Gasteiger partial charge in [-0.1, -0.05) is 88.0 Å². The minimum absolute atomic E-state index is 0.0120. The van der Waals surface area contributed by atoms with E-state index in [0.29, 0.717) is 64.2 Å². The average molecular weight is 701 g/mol. The second-order valence-corrected chi connectivity index (χ2v) is 11.7. The Labute approximate surface area is 291 Å². The highest BCUT2D eigenvalue weighted by Gasteiger charge is 2.54. The summed E-state index contributed by atoms with van der Waals surface area (Å²) < 4.78 is 12.2. The van der Waals surface area contributed by atoms with E-state index in [-0.39, 0.29) is 24.6 Å². The highest BCUT2D eigenvalue weighted by Crippen LogP contribution is 2.46. The molecular formula is C34H31Cl2N9O4. The standard InChI is InChI=1S/C34H31Cl2N9O4/c35-25-13-10-22(28(36)20-25)16-17-39-43-33(47)34(21-24-6-1-3-8-29(24)41-44-37)31(27-7-2-4-9-30(27)42-45-38)49-32(40-34)23-11-14-26(15-12-23)48-19-5-18-46/h1-4,6-15,20,31,39,46H,5,16-19,21H2,(H,43,47)/t31-,34-/m0/s1. The second kappa shape index (κ2) is 16.7. The number of rotatable bonds is 15. The van der Waals surface area contributed by atoms with Crippen molar-refractivity contribution in [3.8, 4) is 5.75 Å². The number of hydrogen-bond acceptors (Lipinski definition) is 8. The van der Waals surface area contributed by atoms with Crippen LogP contribution in [0.4, 0.5) is 11.4 Å². The van der Waals surface area contributed by atoms with Crippen LogP contribution in [0.3, 0.4) is 0 Å². The number of aliphatic hydroxyl groups is 1. The number of amides is 1. The molecule has 3 N–H and O–H groups in total. The minimum Gasteiger partial charge on any atom is -0.494 e. The van der Waals surface area contributed by atoms with Crippen LogP contribution in [-0.2, 0) is 22.4 Å². The van der Waals surface area contributed by atoms with Gasteiger partial charge in [-0.2, -0.15) is 0 Å². The third-order valence-corrected chi connectivity index (χ3v) is 8.33. The molecule has 0 saturated heterocycles. The molecule has 1 aliphatic heterocycles. The first-order valence-corrected chi connectivity index (χ1v) is 16.0. The third-order valence-electron chi connectivity index (χ3n) is 7.74. The molecule has 0 spiro atoms. The van der Waals surface area contributed by atoms with Gasteiger partial charge in [0, 0.05) is 68.4 Å². The van der Waals surface area contributed by atoms with Crippen LogP contribution in [0.1, 0.15) is 34.8 Å². The van der Waals surface area contributed by atoms with E-state index in [4.69, 9.17) is 42.8 Å². The lowest BCUT2D eigenvalue weighted by Gasteiger charge is -2.31. The van der Waals surface area contributed by atoms with Gasteiger partial charge in [-0.25, -0.2) is 10.4 Å². The van der Waals surface area contributed by atoms with Crippen LogP contribution < -0.4 is 15.6 Å². The van der Waals surface area contributed by atoms with Crippen molar-refractivity contribution in [2.45, 2.75) is 30.9 Å². The first-order chi connectivity index (χ1) is 23.9. The van der Waals surface area contributed by atoms with Gasteiger partial charge in [-0.15, -0.1) is 0 Å². The van der Waals surface area contributed by atoms with E-state index in [1.54, 1.807) is 84.9 Å². The van der Waals surface area contributed by atoms with Crippen molar-refractivity contribution in [3.05, 3.63) is 144 Å². The number of azide groups is 2. The summed E-state index contributed by atoms with van der Waals surface area (Å²) in [6, 6.07) is 25.9. The number of carbonyl (C=O) groups is 1. The maximum absolute atomic E-state index is 14.5. The monoisotopic (exact) mass is 699 g/mol. The molecule has 0 bridgehead atoms. The zero-order valence-corrected chi connectivity index (χ0v) is 27.6. The van der Waals surface area contributed by atoms with Crippen molar-refractivity contribution in [1.29, 1.82) is 0 Å². The lowest BCUT2D eigenvalue weighted by molar-refractivity contribution is -0.130. The normalized spacial score (nSPS) is 16.5. The SMILES string of the molecule is [N-]=[N+]=Nc1ccccc1C[C@]1(C(=O)NNCCc2ccc(Cl)cc2Cl)N=C(c2ccc(OCCCO)cc2)O[C@H]1c1ccccc1N=[N+]=[N-]. The fourth-order valence-electron chi connectivity index (χ4n) is 5.38. The summed E-state index contributed by atoms with van der Waals surface area (Å²) in [5.41, 5.74) is 25.7. The molecule has 0 radical (unpaired) electrons. The summed E-state index contributed by atoms with van der Waals surface area (Å²) in [6.07, 6.45) is -0.181. The molecule has 4 aromatic rings. The van der Waals surface area contributed by atoms with E-state index in [2.05, 4.69) is 30.9 Å². The highest BCUT2D eigenvalue weighted by atomic mass is 35.5. The molecule has 1 heterocycles. The Morgan fingerprint density at radius 1 is 0.959 bits per heavy atom. The van der Waals surface area contributed by atoms with Crippen molar-refractivity contribution < 1.29 is 19.4 Å². The minimum atomic E-state index is -1.70. The van der Waals surface area contributed by atoms with Crippen LogP contribution in [0.2, 0.25) is 10.0 Å². The Morgan fingerprint density at radius 2 is 1.67 bits per heavy atom. The lowest BCUT2D eigenvalue weighted by Crippen LogP contribution is -2.54. The van der Waals surface area contributed by atoms with Gasteiger partial charge >= 0.3 is 0 Å². The number of halogens is 2. The average Bonchev–Trinajstić information content (AvgIpc) is 3.49. The van der Waals surface area contributed by atoms with Gasteiger partial charge in [-0.05, 0) is 65.0 Å². The van der Waals surface area contributed by atoms with E-state index in [0.717, 1.165) is 5.56 Å². The third kappa shape index (κ3) is 8.43. The maximum Gasteiger partial charge on any atom is 0.266 e. The lowest BCUT2D eigenvalue weighted by atomic mass is 9.81. The molecule has 0 unspecified atom stereocenters. The van der Waals surface area contributed by atoms with E-state index in [1.807, 2.05) is 6.07 Å². The van der Waals surface area contributed by atoms with Gasteiger partial charge in [-0.3, -0.25) is 10.2 Å². The van der Waals surface area contributed by atoms with Crippen LogP contribution in [0.15, 0.2) is 106 Å². The van der Waals surface area contributed by atoms with Gasteiger partial charge in [0.05, 0.1) is 6.61 Å². The Bertz CT molecular complexity index is 1930. The number of hydrazine groups is 1. The van der Waals surface area contributed by atoms with Crippen molar-refractivity contribution in [3.63, 3.8) is 0 Å². The highest BCUT2D eigenvalue weighted by molar-refractivity contribution is 6.35. The molecule has 13 nitrogen and oxygen atoms in total. The van der Waals surface area contributed by atoms with Gasteiger partial charge < -0.3 is 14.6 Å². The maximum atomic E-state index is 14.5. The predicted octanol–water partition coefficient (Wildman–Crippen LogP) is 8.00. The molecule has 15 heteroatoms. The van der Waals surface area contributed by atoms with E-state index in [1.165, 1.54) is 0 Å². The van der Waals surface area contributed by atoms with E-state index >= 15 is 0 Å². The largest absolute Gasteiger partial charge is 0.494 e. The molecule has 2 atom stereocenters. The van der Waals surface area contributed by atoms with E-state index < -0.39 is 17.6 Å². The van der Waals surface area contributed by atoms with Crippen LogP contribution in [0, 0.1) is 0 Å². The summed E-state index contributed by atoms with van der Waals surface area (Å²) >= 11 is 12.4. The molecule has 0 fully saturated rings. The van der Waals surface area contributed by atoms with Gasteiger partial charge in [0.1, 0.15) is 5.75 Å². The second-order valence-electron chi connectivity index (χ2n) is 10.9. The number of benzene rings is 4. The van der Waals surface area contributed by atoms with Gasteiger partial charge in [0.2, 0.25) is 5.90 Å². The number of nitrogens with one attached hydrogen (secondary N) is 2. The molecule has 0 saturated carbocycles. The smallest absolute Gasteiger partial charge is 0.266 e. The molecule has 4 aromatic carbocycles. The number of nitrogens with zero attached hydrogens (tertiary/aromatic N) is 7.